The number of imide groups is 2. The second-order valence-electron chi connectivity index (χ2n) is 7.60. The first-order valence-corrected chi connectivity index (χ1v) is 12.4. The van der Waals surface area contributed by atoms with E-state index >= 15 is 0 Å². The third-order valence-electron chi connectivity index (χ3n) is 5.17. The summed E-state index contributed by atoms with van der Waals surface area (Å²) in [5, 5.41) is 2.51. The number of hydrogen-bond acceptors (Lipinski definition) is 6. The van der Waals surface area contributed by atoms with E-state index in [0.29, 0.717) is 22.7 Å². The van der Waals surface area contributed by atoms with Gasteiger partial charge in [0.05, 0.1) is 22.8 Å². The lowest BCUT2D eigenvalue weighted by molar-refractivity contribution is -0.122. The number of methoxy groups -OCH3 is 1. The molecule has 1 heterocycles. The number of urea groups is 1. The first-order valence-electron chi connectivity index (χ1n) is 10.8. The molecule has 0 unspecified atom stereocenters. The molecule has 0 atom stereocenters. The minimum absolute atomic E-state index is 0.142. The number of ether oxygens (including phenoxy) is 3. The Morgan fingerprint density at radius 2 is 1.54 bits per heavy atom. The summed E-state index contributed by atoms with van der Waals surface area (Å²) >= 11 is 16.1. The predicted octanol–water partition coefficient (Wildman–Crippen LogP) is 5.89. The summed E-state index contributed by atoms with van der Waals surface area (Å²) in [7, 11) is 1.55. The average molecular weight is 606 g/mol. The Hall–Kier alpha value is -3.53. The van der Waals surface area contributed by atoms with Crippen molar-refractivity contribution in [3.05, 3.63) is 86.3 Å². The van der Waals surface area contributed by atoms with Crippen LogP contribution < -0.4 is 24.4 Å². The van der Waals surface area contributed by atoms with Crippen LogP contribution in [0.4, 0.5) is 10.5 Å². The molecule has 1 aliphatic rings. The normalized spacial score (nSPS) is 14.5. The quantitative estimate of drug-likeness (QED) is 0.195. The molecule has 8 nitrogen and oxygen atoms in total. The maximum Gasteiger partial charge on any atom is 0.335 e. The minimum Gasteiger partial charge on any atom is -0.493 e. The number of benzene rings is 3. The van der Waals surface area contributed by atoms with Crippen molar-refractivity contribution >= 4 is 68.7 Å². The van der Waals surface area contributed by atoms with Gasteiger partial charge in [-0.2, -0.15) is 0 Å². The number of carbonyl (C=O) groups excluding carboxylic acids is 3. The van der Waals surface area contributed by atoms with E-state index in [-0.39, 0.29) is 34.6 Å². The Morgan fingerprint density at radius 1 is 0.919 bits per heavy atom. The number of nitrogens with one attached hydrogen (secondary N) is 1. The molecule has 3 aromatic rings. The monoisotopic (exact) mass is 604 g/mol. The largest absolute Gasteiger partial charge is 0.493 e. The molecule has 1 saturated heterocycles. The van der Waals surface area contributed by atoms with Crippen molar-refractivity contribution in [2.24, 2.45) is 0 Å². The van der Waals surface area contributed by atoms with Crippen molar-refractivity contribution < 1.29 is 28.6 Å². The highest BCUT2D eigenvalue weighted by atomic mass is 79.9. The van der Waals surface area contributed by atoms with E-state index in [0.717, 1.165) is 9.37 Å². The fourth-order valence-electron chi connectivity index (χ4n) is 3.48. The molecule has 3 aromatic carbocycles. The summed E-state index contributed by atoms with van der Waals surface area (Å²) in [5.74, 6) is -0.224. The molecule has 0 radical (unpaired) electrons. The first kappa shape index (κ1) is 26.5. The van der Waals surface area contributed by atoms with Crippen LogP contribution in [0.1, 0.15) is 5.56 Å². The minimum atomic E-state index is -0.843. The summed E-state index contributed by atoms with van der Waals surface area (Å²) < 4.78 is 17.4. The second kappa shape index (κ2) is 11.7. The van der Waals surface area contributed by atoms with E-state index in [1.165, 1.54) is 18.2 Å². The van der Waals surface area contributed by atoms with Gasteiger partial charge in [-0.25, -0.2) is 9.69 Å². The average Bonchev–Trinajstić information content (AvgIpc) is 2.87. The molecule has 0 saturated carbocycles. The second-order valence-corrected chi connectivity index (χ2v) is 9.33. The van der Waals surface area contributed by atoms with Gasteiger partial charge in [-0.15, -0.1) is 0 Å². The Bertz CT molecular complexity index is 1370. The highest BCUT2D eigenvalue weighted by Crippen LogP contribution is 2.35. The third-order valence-corrected chi connectivity index (χ3v) is 6.26. The van der Waals surface area contributed by atoms with Crippen LogP contribution in [-0.4, -0.2) is 38.2 Å². The zero-order valence-corrected chi connectivity index (χ0v) is 22.4. The van der Waals surface area contributed by atoms with Crippen LogP contribution in [-0.2, 0) is 9.59 Å². The zero-order chi connectivity index (χ0) is 26.5. The number of carbonyl (C=O) groups is 3. The molecule has 37 heavy (non-hydrogen) atoms. The van der Waals surface area contributed by atoms with Gasteiger partial charge in [-0.3, -0.25) is 14.9 Å². The molecule has 0 aromatic heterocycles. The fraction of sp³-hybridized carbons (Fsp3) is 0.115. The highest BCUT2D eigenvalue weighted by Gasteiger charge is 2.36. The first-order chi connectivity index (χ1) is 17.8. The van der Waals surface area contributed by atoms with E-state index in [9.17, 15) is 14.4 Å². The Labute approximate surface area is 230 Å². The van der Waals surface area contributed by atoms with Gasteiger partial charge in [0, 0.05) is 4.47 Å². The Morgan fingerprint density at radius 3 is 2.19 bits per heavy atom. The van der Waals surface area contributed by atoms with Crippen molar-refractivity contribution in [3.8, 4) is 17.2 Å². The molecule has 190 valence electrons. The molecular weight excluding hydrogens is 587 g/mol. The molecule has 0 spiro atoms. The number of nitrogens with zero attached hydrogens (tertiary/aromatic N) is 1. The molecule has 1 N–H and O–H groups in total. The number of anilines is 1. The standard InChI is InChI=1S/C26H19BrCl2N2O6/c1-35-21-4-2-3-5-22(21)36-10-11-37-23-19(28)13-15(14-20(23)29)12-18-24(32)30-26(34)31(25(18)33)17-8-6-16(27)7-9-17/h2-9,12-14H,10-11H2,1H3,(H,30,32,34). The van der Waals surface area contributed by atoms with Gasteiger partial charge < -0.3 is 14.2 Å². The maximum absolute atomic E-state index is 13.1. The van der Waals surface area contributed by atoms with Crippen molar-refractivity contribution in [3.63, 3.8) is 0 Å². The molecule has 0 bridgehead atoms. The molecule has 1 aliphatic heterocycles. The Kier molecular flexibility index (Phi) is 8.38. The van der Waals surface area contributed by atoms with E-state index < -0.39 is 17.8 Å². The van der Waals surface area contributed by atoms with Gasteiger partial charge in [0.15, 0.2) is 17.2 Å². The van der Waals surface area contributed by atoms with E-state index in [4.69, 9.17) is 37.4 Å². The van der Waals surface area contributed by atoms with Gasteiger partial charge in [0.25, 0.3) is 11.8 Å². The molecule has 4 amide bonds. The number of barbiturate groups is 1. The molecule has 0 aliphatic carbocycles. The van der Waals surface area contributed by atoms with E-state index in [2.05, 4.69) is 21.2 Å². The zero-order valence-electron chi connectivity index (χ0n) is 19.3. The van der Waals surface area contributed by atoms with Crippen LogP contribution in [0.15, 0.2) is 70.7 Å². The van der Waals surface area contributed by atoms with Gasteiger partial charge in [0.1, 0.15) is 18.8 Å². The van der Waals surface area contributed by atoms with Crippen molar-refractivity contribution in [2.75, 3.05) is 25.2 Å². The highest BCUT2D eigenvalue weighted by molar-refractivity contribution is 9.10. The third kappa shape index (κ3) is 6.07. The van der Waals surface area contributed by atoms with Crippen molar-refractivity contribution in [2.45, 2.75) is 0 Å². The SMILES string of the molecule is COc1ccccc1OCCOc1c(Cl)cc(C=C2C(=O)NC(=O)N(c3ccc(Br)cc3)C2=O)cc1Cl. The van der Waals surface area contributed by atoms with Gasteiger partial charge >= 0.3 is 6.03 Å². The maximum atomic E-state index is 13.1. The van der Waals surface area contributed by atoms with E-state index in [1.54, 1.807) is 43.5 Å². The summed E-state index contributed by atoms with van der Waals surface area (Å²) in [6.07, 6.45) is 1.31. The number of amides is 4. The van der Waals surface area contributed by atoms with Gasteiger partial charge in [-0.1, -0.05) is 51.3 Å². The summed E-state index contributed by atoms with van der Waals surface area (Å²) in [5.41, 5.74) is 0.420. The van der Waals surface area contributed by atoms with E-state index in [1.807, 2.05) is 12.1 Å². The summed E-state index contributed by atoms with van der Waals surface area (Å²) in [4.78, 5) is 38.8. The van der Waals surface area contributed by atoms with Gasteiger partial charge in [-0.05, 0) is 60.2 Å². The van der Waals surface area contributed by atoms with Crippen LogP contribution in [0.3, 0.4) is 0 Å². The summed E-state index contributed by atoms with van der Waals surface area (Å²) in [6, 6.07) is 15.9. The smallest absolute Gasteiger partial charge is 0.335 e. The van der Waals surface area contributed by atoms with Crippen LogP contribution in [0.2, 0.25) is 10.0 Å². The molecular formula is C26H19BrCl2N2O6. The van der Waals surface area contributed by atoms with Crippen LogP contribution >= 0.6 is 39.1 Å². The molecule has 4 rings (SSSR count). The van der Waals surface area contributed by atoms with Crippen molar-refractivity contribution in [1.29, 1.82) is 0 Å². The Balaban J connectivity index is 1.49. The predicted molar refractivity (Wildman–Crippen MR) is 144 cm³/mol. The lowest BCUT2D eigenvalue weighted by Crippen LogP contribution is -2.54. The summed E-state index contributed by atoms with van der Waals surface area (Å²) in [6.45, 7) is 0.344. The van der Waals surface area contributed by atoms with Crippen molar-refractivity contribution in [1.82, 2.24) is 5.32 Å². The van der Waals surface area contributed by atoms with Crippen LogP contribution in [0.5, 0.6) is 17.2 Å². The number of hydrogen-bond donors (Lipinski definition) is 1. The topological polar surface area (TPSA) is 94.2 Å². The molecule has 11 heteroatoms. The molecule has 1 fully saturated rings. The number of rotatable bonds is 8. The fourth-order valence-corrected chi connectivity index (χ4v) is 4.36. The van der Waals surface area contributed by atoms with Gasteiger partial charge in [0.2, 0.25) is 0 Å². The lowest BCUT2D eigenvalue weighted by atomic mass is 10.1. The van der Waals surface area contributed by atoms with Crippen LogP contribution in [0.25, 0.3) is 6.08 Å². The van der Waals surface area contributed by atoms with Crippen LogP contribution in [0, 0.1) is 0 Å². The number of halogens is 3. The lowest BCUT2D eigenvalue weighted by Gasteiger charge is -2.26. The number of para-hydroxylation sites is 2.